The van der Waals surface area contributed by atoms with Crippen molar-refractivity contribution in [2.45, 2.75) is 51.1 Å². The van der Waals surface area contributed by atoms with Crippen LogP contribution in [0, 0.1) is 6.92 Å². The van der Waals surface area contributed by atoms with Crippen LogP contribution >= 0.6 is 0 Å². The lowest BCUT2D eigenvalue weighted by Crippen LogP contribution is -2.38. The first-order valence-electron chi connectivity index (χ1n) is 8.78. The molecule has 0 aliphatic heterocycles. The van der Waals surface area contributed by atoms with Crippen molar-refractivity contribution in [3.8, 4) is 0 Å². The molecule has 1 amide bonds. The normalized spacial score (nSPS) is 20.7. The molecule has 0 bridgehead atoms. The number of aryl methyl sites for hydroxylation is 1. The summed E-state index contributed by atoms with van der Waals surface area (Å²) in [5.41, 5.74) is 1.05. The van der Waals surface area contributed by atoms with Gasteiger partial charge in [-0.1, -0.05) is 0 Å². The maximum Gasteiger partial charge on any atom is 0.227 e. The zero-order valence-corrected chi connectivity index (χ0v) is 14.3. The molecule has 25 heavy (non-hydrogen) atoms. The van der Waals surface area contributed by atoms with Gasteiger partial charge in [-0.2, -0.15) is 5.10 Å². The minimum absolute atomic E-state index is 0.00414. The van der Waals surface area contributed by atoms with Gasteiger partial charge in [0, 0.05) is 29.9 Å². The summed E-state index contributed by atoms with van der Waals surface area (Å²) in [6.45, 7) is 1.83. The van der Waals surface area contributed by atoms with Crippen LogP contribution in [0.25, 0.3) is 11.0 Å². The van der Waals surface area contributed by atoms with E-state index in [0.29, 0.717) is 11.9 Å². The highest BCUT2D eigenvalue weighted by Crippen LogP contribution is 2.31. The summed E-state index contributed by atoms with van der Waals surface area (Å²) >= 11 is 0. The predicted octanol–water partition coefficient (Wildman–Crippen LogP) is 2.31. The fourth-order valence-electron chi connectivity index (χ4n) is 3.67. The van der Waals surface area contributed by atoms with Crippen molar-refractivity contribution in [2.24, 2.45) is 0 Å². The third-order valence-electron chi connectivity index (χ3n) is 4.89. The SMILES string of the molecule is Cc1nc(CC(=O)NC2CCC(n3ccc4cccnc43)CC2)n[nH]1. The molecule has 2 N–H and O–H groups in total. The third-order valence-corrected chi connectivity index (χ3v) is 4.89. The van der Waals surface area contributed by atoms with Gasteiger partial charge in [0.15, 0.2) is 5.82 Å². The quantitative estimate of drug-likeness (QED) is 0.764. The molecule has 1 aliphatic rings. The molecule has 1 fully saturated rings. The number of nitrogens with zero attached hydrogens (tertiary/aromatic N) is 4. The van der Waals surface area contributed by atoms with Crippen LogP contribution in [0.4, 0.5) is 0 Å². The lowest BCUT2D eigenvalue weighted by molar-refractivity contribution is -0.121. The van der Waals surface area contributed by atoms with E-state index in [0.717, 1.165) is 37.2 Å². The first-order chi connectivity index (χ1) is 12.2. The Kier molecular flexibility index (Phi) is 4.21. The van der Waals surface area contributed by atoms with Crippen molar-refractivity contribution in [1.82, 2.24) is 30.0 Å². The van der Waals surface area contributed by atoms with E-state index in [1.54, 1.807) is 0 Å². The maximum absolute atomic E-state index is 12.2. The number of hydrogen-bond donors (Lipinski definition) is 2. The highest BCUT2D eigenvalue weighted by molar-refractivity contribution is 5.78. The second-order valence-corrected chi connectivity index (χ2v) is 6.73. The number of aromatic amines is 1. The van der Waals surface area contributed by atoms with Crippen LogP contribution in [0.1, 0.15) is 43.4 Å². The van der Waals surface area contributed by atoms with Crippen molar-refractivity contribution in [2.75, 3.05) is 0 Å². The summed E-state index contributed by atoms with van der Waals surface area (Å²) in [6, 6.07) is 6.87. The Bertz CT molecular complexity index is 874. The van der Waals surface area contributed by atoms with Gasteiger partial charge >= 0.3 is 0 Å². The van der Waals surface area contributed by atoms with Gasteiger partial charge < -0.3 is 9.88 Å². The van der Waals surface area contributed by atoms with Crippen LogP contribution in [0.3, 0.4) is 0 Å². The largest absolute Gasteiger partial charge is 0.353 e. The van der Waals surface area contributed by atoms with E-state index in [9.17, 15) is 4.79 Å². The Balaban J connectivity index is 1.33. The molecule has 0 spiro atoms. The van der Waals surface area contributed by atoms with Gasteiger partial charge in [0.25, 0.3) is 0 Å². The Morgan fingerprint density at radius 3 is 2.92 bits per heavy atom. The van der Waals surface area contributed by atoms with Crippen LogP contribution in [0.15, 0.2) is 30.6 Å². The number of amides is 1. The fraction of sp³-hybridized carbons (Fsp3) is 0.444. The van der Waals surface area contributed by atoms with Crippen LogP contribution in [0.2, 0.25) is 0 Å². The number of hydrogen-bond acceptors (Lipinski definition) is 4. The molecule has 0 aromatic carbocycles. The van der Waals surface area contributed by atoms with Gasteiger partial charge in [0.1, 0.15) is 11.5 Å². The molecule has 1 aliphatic carbocycles. The molecule has 0 atom stereocenters. The summed E-state index contributed by atoms with van der Waals surface area (Å²) in [5.74, 6) is 1.28. The van der Waals surface area contributed by atoms with E-state index >= 15 is 0 Å². The van der Waals surface area contributed by atoms with E-state index in [1.807, 2.05) is 19.2 Å². The molecule has 7 heteroatoms. The molecule has 3 heterocycles. The highest BCUT2D eigenvalue weighted by Gasteiger charge is 2.24. The zero-order valence-electron chi connectivity index (χ0n) is 14.3. The van der Waals surface area contributed by atoms with Gasteiger partial charge in [-0.05, 0) is 50.8 Å². The molecule has 7 nitrogen and oxygen atoms in total. The lowest BCUT2D eigenvalue weighted by atomic mass is 9.91. The van der Waals surface area contributed by atoms with Crippen molar-refractivity contribution in [1.29, 1.82) is 0 Å². The molecule has 1 saturated carbocycles. The number of aromatic nitrogens is 5. The van der Waals surface area contributed by atoms with E-state index in [2.05, 4.69) is 48.4 Å². The summed E-state index contributed by atoms with van der Waals surface area (Å²) in [7, 11) is 0. The van der Waals surface area contributed by atoms with E-state index in [1.165, 1.54) is 5.39 Å². The van der Waals surface area contributed by atoms with Crippen LogP contribution in [-0.4, -0.2) is 36.7 Å². The first kappa shape index (κ1) is 15.8. The Morgan fingerprint density at radius 1 is 1.32 bits per heavy atom. The van der Waals surface area contributed by atoms with E-state index < -0.39 is 0 Å². The second kappa shape index (κ2) is 6.66. The summed E-state index contributed by atoms with van der Waals surface area (Å²) in [4.78, 5) is 20.8. The van der Waals surface area contributed by atoms with Gasteiger partial charge in [0.05, 0.1) is 6.42 Å². The smallest absolute Gasteiger partial charge is 0.227 e. The third kappa shape index (κ3) is 3.40. The predicted molar refractivity (Wildman–Crippen MR) is 94.0 cm³/mol. The Hall–Kier alpha value is -2.70. The van der Waals surface area contributed by atoms with Crippen molar-refractivity contribution >= 4 is 16.9 Å². The van der Waals surface area contributed by atoms with Gasteiger partial charge in [-0.25, -0.2) is 9.97 Å². The second-order valence-electron chi connectivity index (χ2n) is 6.73. The van der Waals surface area contributed by atoms with Crippen molar-refractivity contribution in [3.63, 3.8) is 0 Å². The topological polar surface area (TPSA) is 88.5 Å². The number of nitrogens with one attached hydrogen (secondary N) is 2. The minimum Gasteiger partial charge on any atom is -0.353 e. The number of H-pyrrole nitrogens is 1. The number of pyridine rings is 1. The summed E-state index contributed by atoms with van der Waals surface area (Å²) in [5, 5.41) is 11.1. The molecule has 0 radical (unpaired) electrons. The van der Waals surface area contributed by atoms with Gasteiger partial charge in [-0.15, -0.1) is 0 Å². The molecule has 0 saturated heterocycles. The molecule has 3 aromatic heterocycles. The van der Waals surface area contributed by atoms with Crippen LogP contribution in [-0.2, 0) is 11.2 Å². The zero-order chi connectivity index (χ0) is 17.2. The van der Waals surface area contributed by atoms with E-state index in [4.69, 9.17) is 0 Å². The minimum atomic E-state index is -0.00414. The lowest BCUT2D eigenvalue weighted by Gasteiger charge is -2.30. The van der Waals surface area contributed by atoms with Gasteiger partial charge in [-0.3, -0.25) is 9.89 Å². The standard InChI is InChI=1S/C18H22N6O/c1-12-20-16(23-22-12)11-17(25)21-14-4-6-15(7-5-14)24-10-8-13-3-2-9-19-18(13)24/h2-3,8-10,14-15H,4-7,11H2,1H3,(H,21,25)(H,20,22,23). The number of carbonyl (C=O) groups excluding carboxylic acids is 1. The van der Waals surface area contributed by atoms with Gasteiger partial charge in [0.2, 0.25) is 5.91 Å². The van der Waals surface area contributed by atoms with Crippen LogP contribution in [0.5, 0.6) is 0 Å². The molecular formula is C18H22N6O. The van der Waals surface area contributed by atoms with Crippen molar-refractivity contribution < 1.29 is 4.79 Å². The summed E-state index contributed by atoms with van der Waals surface area (Å²) < 4.78 is 2.28. The van der Waals surface area contributed by atoms with Crippen molar-refractivity contribution in [3.05, 3.63) is 42.2 Å². The monoisotopic (exact) mass is 338 g/mol. The fourth-order valence-corrected chi connectivity index (χ4v) is 3.67. The summed E-state index contributed by atoms with van der Waals surface area (Å²) in [6.07, 6.45) is 8.26. The first-order valence-corrected chi connectivity index (χ1v) is 8.78. The number of rotatable bonds is 4. The molecule has 0 unspecified atom stereocenters. The highest BCUT2D eigenvalue weighted by atomic mass is 16.1. The number of fused-ring (bicyclic) bond motifs is 1. The Labute approximate surface area is 145 Å². The van der Waals surface area contributed by atoms with Crippen LogP contribution < -0.4 is 5.32 Å². The average molecular weight is 338 g/mol. The molecule has 130 valence electrons. The molecule has 3 aromatic rings. The average Bonchev–Trinajstić information content (AvgIpc) is 3.22. The Morgan fingerprint density at radius 2 is 2.16 bits per heavy atom. The maximum atomic E-state index is 12.2. The molecule has 4 rings (SSSR count). The molecular weight excluding hydrogens is 316 g/mol. The van der Waals surface area contributed by atoms with E-state index in [-0.39, 0.29) is 18.4 Å². The number of carbonyl (C=O) groups is 1.